The first kappa shape index (κ1) is 65.8. The normalized spacial score (nSPS) is 12.6. The number of rotatable bonds is 53. The van der Waals surface area contributed by atoms with Gasteiger partial charge in [0, 0.05) is 19.3 Å². The van der Waals surface area contributed by atoms with Gasteiger partial charge < -0.3 is 14.2 Å². The monoisotopic (exact) mass is 963 g/mol. The van der Waals surface area contributed by atoms with Crippen LogP contribution < -0.4 is 0 Å². The van der Waals surface area contributed by atoms with Gasteiger partial charge in [-0.2, -0.15) is 0 Å². The van der Waals surface area contributed by atoms with Crippen molar-refractivity contribution in [2.24, 2.45) is 0 Å². The van der Waals surface area contributed by atoms with Gasteiger partial charge in [-0.3, -0.25) is 14.4 Å². The molecule has 0 saturated heterocycles. The summed E-state index contributed by atoms with van der Waals surface area (Å²) in [6.07, 6.45) is 73.1. The summed E-state index contributed by atoms with van der Waals surface area (Å²) in [6.45, 7) is 6.57. The molecule has 6 nitrogen and oxygen atoms in total. The topological polar surface area (TPSA) is 78.9 Å². The molecule has 0 aromatic carbocycles. The van der Waals surface area contributed by atoms with Gasteiger partial charge in [0.15, 0.2) is 6.10 Å². The van der Waals surface area contributed by atoms with E-state index >= 15 is 0 Å². The van der Waals surface area contributed by atoms with E-state index in [2.05, 4.69) is 93.7 Å². The Morgan fingerprint density at radius 3 is 0.855 bits per heavy atom. The Labute approximate surface area is 427 Å². The molecule has 0 aliphatic carbocycles. The number of hydrogen-bond donors (Lipinski definition) is 0. The van der Waals surface area contributed by atoms with Crippen LogP contribution in [0.15, 0.2) is 72.9 Å². The Bertz CT molecular complexity index is 1290. The summed E-state index contributed by atoms with van der Waals surface area (Å²) in [5.74, 6) is -0.913. The van der Waals surface area contributed by atoms with Gasteiger partial charge in [-0.1, -0.05) is 229 Å². The smallest absolute Gasteiger partial charge is 0.306 e. The van der Waals surface area contributed by atoms with Crippen molar-refractivity contribution in [3.05, 3.63) is 72.9 Å². The lowest BCUT2D eigenvalue weighted by Gasteiger charge is -2.18. The molecule has 0 unspecified atom stereocenters. The van der Waals surface area contributed by atoms with Crippen LogP contribution in [-0.4, -0.2) is 37.2 Å². The zero-order valence-electron chi connectivity index (χ0n) is 45.6. The lowest BCUT2D eigenvalue weighted by atomic mass is 10.1. The van der Waals surface area contributed by atoms with Crippen molar-refractivity contribution >= 4 is 17.9 Å². The van der Waals surface area contributed by atoms with Crippen molar-refractivity contribution in [3.63, 3.8) is 0 Å². The molecule has 0 aliphatic rings. The maximum atomic E-state index is 12.9. The second-order valence-electron chi connectivity index (χ2n) is 19.5. The zero-order valence-corrected chi connectivity index (χ0v) is 45.6. The minimum Gasteiger partial charge on any atom is -0.462 e. The molecule has 0 rings (SSSR count). The van der Waals surface area contributed by atoms with E-state index in [1.807, 2.05) is 0 Å². The molecule has 0 amide bonds. The van der Waals surface area contributed by atoms with Crippen LogP contribution in [0, 0.1) is 0 Å². The summed E-state index contributed by atoms with van der Waals surface area (Å²) in [5.41, 5.74) is 0. The second kappa shape index (κ2) is 57.4. The second-order valence-corrected chi connectivity index (χ2v) is 19.5. The molecule has 0 radical (unpaired) electrons. The summed E-state index contributed by atoms with van der Waals surface area (Å²) in [6, 6.07) is 0. The van der Waals surface area contributed by atoms with E-state index in [4.69, 9.17) is 14.2 Å². The van der Waals surface area contributed by atoms with Crippen molar-refractivity contribution in [1.82, 2.24) is 0 Å². The number of unbranched alkanes of at least 4 members (excludes halogenated alkanes) is 30. The number of hydrogen-bond acceptors (Lipinski definition) is 6. The van der Waals surface area contributed by atoms with Gasteiger partial charge in [0.2, 0.25) is 0 Å². The van der Waals surface area contributed by atoms with E-state index in [1.165, 1.54) is 154 Å². The molecule has 6 heteroatoms. The van der Waals surface area contributed by atoms with E-state index in [9.17, 15) is 14.4 Å². The summed E-state index contributed by atoms with van der Waals surface area (Å²) < 4.78 is 16.9. The summed E-state index contributed by atoms with van der Waals surface area (Å²) in [4.78, 5) is 38.2. The first-order chi connectivity index (χ1) is 34.0. The summed E-state index contributed by atoms with van der Waals surface area (Å²) in [7, 11) is 0. The molecule has 0 spiro atoms. The molecule has 0 saturated carbocycles. The van der Waals surface area contributed by atoms with Gasteiger partial charge in [-0.05, 0) is 116 Å². The molecule has 0 heterocycles. The standard InChI is InChI=1S/C63H110O6/c1-4-7-10-13-16-19-22-25-28-31-34-37-40-43-46-49-52-55-61(64)67-58-60(69-63(66)57-54-51-48-45-42-39-36-33-30-27-24-21-18-15-12-9-6-3)59-68-62(65)56-53-50-47-44-41-38-35-32-29-26-23-20-17-14-11-8-5-2/h16-17,19-20,25-30,34,37,60H,4-15,18,21-24,31-33,35-36,38-59H2,1-3H3/b19-16-,20-17-,28-25-,29-26-,30-27-,37-34-/t60-/m1/s1. The third kappa shape index (κ3) is 55.6. The predicted octanol–water partition coefficient (Wildman–Crippen LogP) is 19.8. The fraction of sp³-hybridized carbons (Fsp3) is 0.762. The van der Waals surface area contributed by atoms with Gasteiger partial charge >= 0.3 is 17.9 Å². The zero-order chi connectivity index (χ0) is 50.0. The van der Waals surface area contributed by atoms with E-state index < -0.39 is 6.10 Å². The fourth-order valence-corrected chi connectivity index (χ4v) is 8.18. The third-order valence-electron chi connectivity index (χ3n) is 12.7. The molecular weight excluding hydrogens is 853 g/mol. The first-order valence-electron chi connectivity index (χ1n) is 29.4. The van der Waals surface area contributed by atoms with Crippen LogP contribution >= 0.6 is 0 Å². The molecule has 69 heavy (non-hydrogen) atoms. The van der Waals surface area contributed by atoms with E-state index in [0.29, 0.717) is 19.3 Å². The molecule has 0 aliphatic heterocycles. The minimum atomic E-state index is -0.791. The lowest BCUT2D eigenvalue weighted by molar-refractivity contribution is -0.167. The number of carbonyl (C=O) groups excluding carboxylic acids is 3. The minimum absolute atomic E-state index is 0.0880. The molecule has 1 atom stereocenters. The summed E-state index contributed by atoms with van der Waals surface area (Å²) in [5, 5.41) is 0. The largest absolute Gasteiger partial charge is 0.462 e. The Hall–Kier alpha value is -3.15. The molecule has 398 valence electrons. The van der Waals surface area contributed by atoms with Gasteiger partial charge in [-0.15, -0.1) is 0 Å². The SMILES string of the molecule is CCCCC/C=C\C/C=C\C/C=C\CCCCCCC(=O)OC[C@H](COC(=O)CCCCCCCCC/C=C\C/C=C\CCCCC)OC(=O)CCCCCCCCC/C=C\CCCCCCCC. The van der Waals surface area contributed by atoms with Gasteiger partial charge in [0.1, 0.15) is 13.2 Å². The molecule has 0 aromatic rings. The highest BCUT2D eigenvalue weighted by molar-refractivity contribution is 5.71. The predicted molar refractivity (Wildman–Crippen MR) is 298 cm³/mol. The third-order valence-corrected chi connectivity index (χ3v) is 12.7. The molecule has 0 aromatic heterocycles. The highest BCUT2D eigenvalue weighted by Gasteiger charge is 2.19. The first-order valence-corrected chi connectivity index (χ1v) is 29.4. The van der Waals surface area contributed by atoms with Crippen molar-refractivity contribution in [1.29, 1.82) is 0 Å². The molecule has 0 fully saturated rings. The van der Waals surface area contributed by atoms with Gasteiger partial charge in [0.25, 0.3) is 0 Å². The number of carbonyl (C=O) groups is 3. The Balaban J connectivity index is 4.44. The summed E-state index contributed by atoms with van der Waals surface area (Å²) >= 11 is 0. The fourth-order valence-electron chi connectivity index (χ4n) is 8.18. The van der Waals surface area contributed by atoms with Crippen LogP contribution in [0.3, 0.4) is 0 Å². The van der Waals surface area contributed by atoms with Crippen LogP contribution in [0.25, 0.3) is 0 Å². The van der Waals surface area contributed by atoms with Gasteiger partial charge in [0.05, 0.1) is 0 Å². The number of ether oxygens (including phenoxy) is 3. The van der Waals surface area contributed by atoms with Crippen LogP contribution in [-0.2, 0) is 28.6 Å². The van der Waals surface area contributed by atoms with Crippen LogP contribution in [0.2, 0.25) is 0 Å². The molecule has 0 bridgehead atoms. The Morgan fingerprint density at radius 1 is 0.290 bits per heavy atom. The van der Waals surface area contributed by atoms with E-state index in [0.717, 1.165) is 96.3 Å². The average molecular weight is 964 g/mol. The highest BCUT2D eigenvalue weighted by atomic mass is 16.6. The maximum absolute atomic E-state index is 12.9. The average Bonchev–Trinajstić information content (AvgIpc) is 3.35. The lowest BCUT2D eigenvalue weighted by Crippen LogP contribution is -2.30. The van der Waals surface area contributed by atoms with Crippen molar-refractivity contribution < 1.29 is 28.6 Å². The maximum Gasteiger partial charge on any atom is 0.306 e. The van der Waals surface area contributed by atoms with Crippen molar-refractivity contribution in [2.75, 3.05) is 13.2 Å². The number of allylic oxidation sites excluding steroid dienone is 12. The van der Waals surface area contributed by atoms with Crippen molar-refractivity contribution in [2.45, 2.75) is 297 Å². The van der Waals surface area contributed by atoms with Crippen LogP contribution in [0.5, 0.6) is 0 Å². The molecule has 0 N–H and O–H groups in total. The van der Waals surface area contributed by atoms with Crippen molar-refractivity contribution in [3.8, 4) is 0 Å². The quantitative estimate of drug-likeness (QED) is 0.0262. The Morgan fingerprint density at radius 2 is 0.522 bits per heavy atom. The highest BCUT2D eigenvalue weighted by Crippen LogP contribution is 2.15. The van der Waals surface area contributed by atoms with Crippen LogP contribution in [0.4, 0.5) is 0 Å². The Kier molecular flexibility index (Phi) is 54.8. The van der Waals surface area contributed by atoms with Crippen LogP contribution in [0.1, 0.15) is 290 Å². The van der Waals surface area contributed by atoms with E-state index in [-0.39, 0.29) is 31.1 Å². The van der Waals surface area contributed by atoms with E-state index in [1.54, 1.807) is 0 Å². The van der Waals surface area contributed by atoms with Gasteiger partial charge in [-0.25, -0.2) is 0 Å². The number of esters is 3. The molecular formula is C63H110O6.